The molecule has 0 fully saturated rings. The van der Waals surface area contributed by atoms with E-state index in [0.717, 1.165) is 5.56 Å². The van der Waals surface area contributed by atoms with Crippen LogP contribution in [-0.2, 0) is 10.0 Å². The molecule has 140 valence electrons. The highest BCUT2D eigenvalue weighted by molar-refractivity contribution is 7.89. The Bertz CT molecular complexity index is 864. The average Bonchev–Trinajstić information content (AvgIpc) is 2.60. The van der Waals surface area contributed by atoms with Crippen molar-refractivity contribution in [2.75, 3.05) is 11.9 Å². The summed E-state index contributed by atoms with van der Waals surface area (Å²) in [6.07, 6.45) is 0. The fourth-order valence-corrected chi connectivity index (χ4v) is 3.88. The number of aromatic carboxylic acids is 1. The first-order valence-corrected chi connectivity index (χ1v) is 9.87. The summed E-state index contributed by atoms with van der Waals surface area (Å²) >= 11 is 0. The zero-order chi connectivity index (χ0) is 19.3. The summed E-state index contributed by atoms with van der Waals surface area (Å²) in [5.41, 5.74) is 1.13. The molecule has 0 aromatic heterocycles. The maximum atomic E-state index is 12.9. The van der Waals surface area contributed by atoms with Crippen LogP contribution in [0.5, 0.6) is 0 Å². The van der Waals surface area contributed by atoms with E-state index in [9.17, 15) is 18.3 Å². The molecule has 0 heterocycles. The molecule has 1 atom stereocenters. The third kappa shape index (κ3) is 5.06. The number of anilines is 1. The number of rotatable bonds is 8. The van der Waals surface area contributed by atoms with Gasteiger partial charge >= 0.3 is 5.97 Å². The Hall–Kier alpha value is -2.38. The van der Waals surface area contributed by atoms with Crippen LogP contribution in [0.3, 0.4) is 0 Å². The van der Waals surface area contributed by atoms with E-state index in [2.05, 4.69) is 10.0 Å². The molecule has 0 radical (unpaired) electrons. The Labute approximate surface area is 154 Å². The molecule has 0 aliphatic heterocycles. The number of hydrogen-bond donors (Lipinski definition) is 3. The zero-order valence-electron chi connectivity index (χ0n) is 15.1. The first-order valence-electron chi connectivity index (χ1n) is 8.39. The molecule has 0 spiro atoms. The van der Waals surface area contributed by atoms with Gasteiger partial charge in [0.2, 0.25) is 10.0 Å². The molecule has 7 heteroatoms. The molecule has 0 saturated heterocycles. The summed E-state index contributed by atoms with van der Waals surface area (Å²) in [6.45, 7) is 6.32. The van der Waals surface area contributed by atoms with Crippen LogP contribution in [0.4, 0.5) is 5.69 Å². The smallest absolute Gasteiger partial charge is 0.335 e. The van der Waals surface area contributed by atoms with Crippen molar-refractivity contribution in [3.63, 3.8) is 0 Å². The molecule has 2 aromatic rings. The van der Waals surface area contributed by atoms with Gasteiger partial charge in [0.25, 0.3) is 0 Å². The van der Waals surface area contributed by atoms with E-state index in [1.807, 2.05) is 44.2 Å². The van der Waals surface area contributed by atoms with Crippen LogP contribution in [0.15, 0.2) is 53.4 Å². The lowest BCUT2D eigenvalue weighted by Crippen LogP contribution is -2.28. The van der Waals surface area contributed by atoms with E-state index in [-0.39, 0.29) is 10.5 Å². The Kier molecular flexibility index (Phi) is 6.39. The zero-order valence-corrected chi connectivity index (χ0v) is 15.9. The molecule has 0 aliphatic rings. The summed E-state index contributed by atoms with van der Waals surface area (Å²) < 4.78 is 28.4. The molecule has 26 heavy (non-hydrogen) atoms. The molecular formula is C19H24N2O4S. The predicted octanol–water partition coefficient (Wildman–Crippen LogP) is 3.49. The van der Waals surface area contributed by atoms with Crippen molar-refractivity contribution >= 4 is 21.7 Å². The monoisotopic (exact) mass is 376 g/mol. The molecular weight excluding hydrogens is 352 g/mol. The van der Waals surface area contributed by atoms with Crippen LogP contribution in [0.1, 0.15) is 42.7 Å². The maximum absolute atomic E-state index is 12.9. The topological polar surface area (TPSA) is 95.5 Å². The minimum Gasteiger partial charge on any atom is -0.478 e. The van der Waals surface area contributed by atoms with Gasteiger partial charge in [-0.05, 0) is 36.6 Å². The van der Waals surface area contributed by atoms with Gasteiger partial charge in [-0.1, -0.05) is 44.2 Å². The second-order valence-corrected chi connectivity index (χ2v) is 8.23. The highest BCUT2D eigenvalue weighted by Crippen LogP contribution is 2.25. The number of carbonyl (C=O) groups is 1. The fourth-order valence-electron chi connectivity index (χ4n) is 2.44. The summed E-state index contributed by atoms with van der Waals surface area (Å²) in [7, 11) is -3.92. The average molecular weight is 376 g/mol. The molecule has 0 bridgehead atoms. The van der Waals surface area contributed by atoms with E-state index in [4.69, 9.17) is 0 Å². The number of carboxylic acid groups (broad SMARTS) is 1. The van der Waals surface area contributed by atoms with Crippen LogP contribution in [0, 0.1) is 5.92 Å². The second-order valence-electron chi connectivity index (χ2n) is 6.54. The van der Waals surface area contributed by atoms with Gasteiger partial charge in [0, 0.05) is 12.6 Å². The van der Waals surface area contributed by atoms with Crippen LogP contribution >= 0.6 is 0 Å². The van der Waals surface area contributed by atoms with Crippen molar-refractivity contribution in [2.45, 2.75) is 31.7 Å². The molecule has 2 aromatic carbocycles. The third-order valence-electron chi connectivity index (χ3n) is 3.85. The van der Waals surface area contributed by atoms with Crippen molar-refractivity contribution in [3.8, 4) is 0 Å². The SMILES string of the molecule is CC(C)CNc1ccc(C(=O)O)cc1S(=O)(=O)N[C@H](C)c1ccccc1. The van der Waals surface area contributed by atoms with Gasteiger partial charge in [-0.2, -0.15) is 0 Å². The summed E-state index contributed by atoms with van der Waals surface area (Å²) in [5, 5.41) is 12.3. The van der Waals surface area contributed by atoms with Crippen LogP contribution in [0.25, 0.3) is 0 Å². The molecule has 0 aliphatic carbocycles. The van der Waals surface area contributed by atoms with Crippen LogP contribution in [-0.4, -0.2) is 26.0 Å². The number of carboxylic acids is 1. The standard InChI is InChI=1S/C19H24N2O4S/c1-13(2)12-20-17-10-9-16(19(22)23)11-18(17)26(24,25)21-14(3)15-7-5-4-6-8-15/h4-11,13-14,20-21H,12H2,1-3H3,(H,22,23)/t14-/m1/s1. The lowest BCUT2D eigenvalue weighted by Gasteiger charge is -2.18. The predicted molar refractivity (Wildman–Crippen MR) is 102 cm³/mol. The first-order chi connectivity index (χ1) is 12.2. The van der Waals surface area contributed by atoms with Gasteiger partial charge in [-0.15, -0.1) is 0 Å². The Morgan fingerprint density at radius 3 is 2.31 bits per heavy atom. The van der Waals surface area contributed by atoms with Crippen molar-refractivity contribution in [1.82, 2.24) is 4.72 Å². The Morgan fingerprint density at radius 1 is 1.08 bits per heavy atom. The highest BCUT2D eigenvalue weighted by atomic mass is 32.2. The van der Waals surface area contributed by atoms with Gasteiger partial charge in [-0.25, -0.2) is 17.9 Å². The summed E-state index contributed by atoms with van der Waals surface area (Å²) in [6, 6.07) is 12.8. The van der Waals surface area contributed by atoms with E-state index < -0.39 is 22.0 Å². The van der Waals surface area contributed by atoms with Crippen LogP contribution < -0.4 is 10.0 Å². The molecule has 0 amide bonds. The number of hydrogen-bond acceptors (Lipinski definition) is 4. The first kappa shape index (κ1) is 19.9. The molecule has 3 N–H and O–H groups in total. The van der Waals surface area contributed by atoms with E-state index in [1.54, 1.807) is 6.92 Å². The normalized spacial score (nSPS) is 12.8. The lowest BCUT2D eigenvalue weighted by molar-refractivity contribution is 0.0696. The largest absolute Gasteiger partial charge is 0.478 e. The molecule has 6 nitrogen and oxygen atoms in total. The van der Waals surface area contributed by atoms with Gasteiger partial charge in [0.1, 0.15) is 4.90 Å². The Morgan fingerprint density at radius 2 is 1.73 bits per heavy atom. The fraction of sp³-hybridized carbons (Fsp3) is 0.316. The molecule has 0 saturated carbocycles. The second kappa shape index (κ2) is 8.33. The highest BCUT2D eigenvalue weighted by Gasteiger charge is 2.23. The number of benzene rings is 2. The van der Waals surface area contributed by atoms with E-state index >= 15 is 0 Å². The van der Waals surface area contributed by atoms with Gasteiger partial charge in [0.05, 0.1) is 11.3 Å². The third-order valence-corrected chi connectivity index (χ3v) is 5.43. The van der Waals surface area contributed by atoms with E-state index in [1.165, 1.54) is 18.2 Å². The molecule has 2 rings (SSSR count). The van der Waals surface area contributed by atoms with E-state index in [0.29, 0.717) is 18.2 Å². The van der Waals surface area contributed by atoms with Gasteiger partial charge in [-0.3, -0.25) is 0 Å². The summed E-state index contributed by atoms with van der Waals surface area (Å²) in [5.74, 6) is -0.867. The van der Waals surface area contributed by atoms with Crippen molar-refractivity contribution in [2.24, 2.45) is 5.92 Å². The van der Waals surface area contributed by atoms with Crippen LogP contribution in [0.2, 0.25) is 0 Å². The summed E-state index contributed by atoms with van der Waals surface area (Å²) in [4.78, 5) is 11.2. The van der Waals surface area contributed by atoms with Crippen molar-refractivity contribution < 1.29 is 18.3 Å². The Balaban J connectivity index is 2.38. The quantitative estimate of drug-likeness (QED) is 0.655. The van der Waals surface area contributed by atoms with Crippen molar-refractivity contribution in [1.29, 1.82) is 0 Å². The number of sulfonamides is 1. The molecule has 0 unspecified atom stereocenters. The maximum Gasteiger partial charge on any atom is 0.335 e. The minimum absolute atomic E-state index is 0.0687. The van der Waals surface area contributed by atoms with Crippen molar-refractivity contribution in [3.05, 3.63) is 59.7 Å². The van der Waals surface area contributed by atoms with Gasteiger partial charge < -0.3 is 10.4 Å². The van der Waals surface area contributed by atoms with Gasteiger partial charge in [0.15, 0.2) is 0 Å². The lowest BCUT2D eigenvalue weighted by atomic mass is 10.1. The minimum atomic E-state index is -3.92. The number of nitrogens with one attached hydrogen (secondary N) is 2.